The van der Waals surface area contributed by atoms with Gasteiger partial charge in [-0.2, -0.15) is 0 Å². The number of allylic oxidation sites excluding steroid dienone is 4. The molecule has 2 aromatic carbocycles. The fraction of sp³-hybridized carbons (Fsp3) is 0.407. The zero-order valence-corrected chi connectivity index (χ0v) is 16.4. The van der Waals surface area contributed by atoms with Crippen molar-refractivity contribution in [3.05, 3.63) is 82.9 Å². The number of benzene rings is 2. The van der Waals surface area contributed by atoms with Gasteiger partial charge in [-0.3, -0.25) is 0 Å². The topological polar surface area (TPSA) is 0 Å². The van der Waals surface area contributed by atoms with Crippen LogP contribution >= 0.6 is 0 Å². The van der Waals surface area contributed by atoms with Gasteiger partial charge in [-0.15, -0.1) is 0 Å². The SMILES string of the molecule is CC(C)(C1C=C(C2CC2)c2ccccc21)C1C=C(C2CC2)c2ccccc21. The molecule has 4 aliphatic rings. The molecule has 0 bridgehead atoms. The second-order valence-electron chi connectivity index (χ2n) is 9.74. The first-order valence-corrected chi connectivity index (χ1v) is 10.8. The van der Waals surface area contributed by atoms with E-state index < -0.39 is 0 Å². The van der Waals surface area contributed by atoms with Gasteiger partial charge in [-0.05, 0) is 76.3 Å². The van der Waals surface area contributed by atoms with Crippen molar-refractivity contribution in [1.82, 2.24) is 0 Å². The molecule has 2 unspecified atom stereocenters. The third-order valence-electron chi connectivity index (χ3n) is 7.54. The highest BCUT2D eigenvalue weighted by molar-refractivity contribution is 5.80. The van der Waals surface area contributed by atoms with Crippen LogP contribution in [0.2, 0.25) is 0 Å². The quantitative estimate of drug-likeness (QED) is 0.546. The minimum atomic E-state index is 0.180. The number of rotatable bonds is 4. The number of fused-ring (bicyclic) bond motifs is 2. The van der Waals surface area contributed by atoms with Crippen molar-refractivity contribution in [2.24, 2.45) is 17.3 Å². The molecule has 0 saturated heterocycles. The maximum Gasteiger partial charge on any atom is 0.00902 e. The van der Waals surface area contributed by atoms with E-state index in [1.165, 1.54) is 36.8 Å². The first kappa shape index (κ1) is 15.9. The lowest BCUT2D eigenvalue weighted by molar-refractivity contribution is 0.291. The summed E-state index contributed by atoms with van der Waals surface area (Å²) in [5.41, 5.74) is 9.67. The van der Waals surface area contributed by atoms with E-state index in [9.17, 15) is 0 Å². The van der Waals surface area contributed by atoms with Crippen molar-refractivity contribution >= 4 is 11.1 Å². The smallest absolute Gasteiger partial charge is 0.00902 e. The second kappa shape index (κ2) is 5.47. The molecule has 0 radical (unpaired) electrons. The molecule has 27 heavy (non-hydrogen) atoms. The molecular weight excluding hydrogens is 324 g/mol. The molecule has 0 heteroatoms. The molecule has 2 atom stereocenters. The minimum absolute atomic E-state index is 0.180. The Morgan fingerprint density at radius 3 is 1.44 bits per heavy atom. The lowest BCUT2D eigenvalue weighted by Gasteiger charge is -2.37. The van der Waals surface area contributed by atoms with Gasteiger partial charge in [0.15, 0.2) is 0 Å². The summed E-state index contributed by atoms with van der Waals surface area (Å²) in [7, 11) is 0. The summed E-state index contributed by atoms with van der Waals surface area (Å²) in [4.78, 5) is 0. The Kier molecular flexibility index (Phi) is 3.23. The zero-order valence-electron chi connectivity index (χ0n) is 16.4. The van der Waals surface area contributed by atoms with Crippen LogP contribution in [0.15, 0.2) is 60.7 Å². The first-order valence-electron chi connectivity index (χ1n) is 10.8. The molecule has 0 N–H and O–H groups in total. The van der Waals surface area contributed by atoms with Crippen LogP contribution in [-0.4, -0.2) is 0 Å². The van der Waals surface area contributed by atoms with E-state index in [2.05, 4.69) is 74.5 Å². The largest absolute Gasteiger partial charge is 0.0723 e. The predicted molar refractivity (Wildman–Crippen MR) is 114 cm³/mol. The van der Waals surface area contributed by atoms with Crippen LogP contribution in [0.3, 0.4) is 0 Å². The van der Waals surface area contributed by atoms with Crippen LogP contribution in [0.1, 0.15) is 73.6 Å². The average molecular weight is 353 g/mol. The Balaban J connectivity index is 1.46. The van der Waals surface area contributed by atoms with E-state index in [1.54, 1.807) is 22.3 Å². The summed E-state index contributed by atoms with van der Waals surface area (Å²) in [6.45, 7) is 5.02. The Morgan fingerprint density at radius 2 is 1.04 bits per heavy atom. The summed E-state index contributed by atoms with van der Waals surface area (Å²) in [6, 6.07) is 18.4. The van der Waals surface area contributed by atoms with Gasteiger partial charge in [-0.1, -0.05) is 74.5 Å². The molecule has 2 fully saturated rings. The van der Waals surface area contributed by atoms with Gasteiger partial charge < -0.3 is 0 Å². The van der Waals surface area contributed by atoms with E-state index in [-0.39, 0.29) is 5.41 Å². The van der Waals surface area contributed by atoms with E-state index in [0.29, 0.717) is 11.8 Å². The van der Waals surface area contributed by atoms with E-state index in [4.69, 9.17) is 0 Å². The molecule has 0 aromatic heterocycles. The monoisotopic (exact) mass is 352 g/mol. The highest BCUT2D eigenvalue weighted by Gasteiger charge is 2.46. The molecule has 6 rings (SSSR count). The predicted octanol–water partition coefficient (Wildman–Crippen LogP) is 7.19. The van der Waals surface area contributed by atoms with Crippen molar-refractivity contribution in [2.45, 2.75) is 51.4 Å². The zero-order chi connectivity index (χ0) is 18.2. The van der Waals surface area contributed by atoms with Crippen molar-refractivity contribution in [3.8, 4) is 0 Å². The normalized spacial score (nSPS) is 26.4. The van der Waals surface area contributed by atoms with Gasteiger partial charge in [-0.25, -0.2) is 0 Å². The molecule has 0 spiro atoms. The van der Waals surface area contributed by atoms with E-state index in [0.717, 1.165) is 11.8 Å². The van der Waals surface area contributed by atoms with Gasteiger partial charge >= 0.3 is 0 Å². The van der Waals surface area contributed by atoms with Crippen LogP contribution in [0.25, 0.3) is 11.1 Å². The maximum atomic E-state index is 2.65. The van der Waals surface area contributed by atoms with Gasteiger partial charge in [0.25, 0.3) is 0 Å². The molecule has 2 saturated carbocycles. The summed E-state index contributed by atoms with van der Waals surface area (Å²) in [6.07, 6.45) is 10.8. The van der Waals surface area contributed by atoms with Gasteiger partial charge in [0.05, 0.1) is 0 Å². The molecule has 0 nitrogen and oxygen atoms in total. The van der Waals surface area contributed by atoms with Crippen molar-refractivity contribution in [1.29, 1.82) is 0 Å². The fourth-order valence-corrected chi connectivity index (χ4v) is 5.71. The Morgan fingerprint density at radius 1 is 0.630 bits per heavy atom. The highest BCUT2D eigenvalue weighted by Crippen LogP contribution is 2.60. The second-order valence-corrected chi connectivity index (χ2v) is 9.74. The average Bonchev–Trinajstić information content (AvgIpc) is 3.62. The molecule has 0 aliphatic heterocycles. The molecular formula is C27H28. The molecule has 4 aliphatic carbocycles. The van der Waals surface area contributed by atoms with Crippen LogP contribution in [-0.2, 0) is 0 Å². The van der Waals surface area contributed by atoms with E-state index >= 15 is 0 Å². The van der Waals surface area contributed by atoms with Crippen LogP contribution in [0.5, 0.6) is 0 Å². The molecule has 0 amide bonds. The van der Waals surface area contributed by atoms with Gasteiger partial charge in [0.2, 0.25) is 0 Å². The Hall–Kier alpha value is -2.08. The third-order valence-corrected chi connectivity index (χ3v) is 7.54. The highest BCUT2D eigenvalue weighted by atomic mass is 14.5. The van der Waals surface area contributed by atoms with Crippen LogP contribution < -0.4 is 0 Å². The molecule has 2 aromatic rings. The Labute approximate surface area is 163 Å². The third kappa shape index (κ3) is 2.35. The van der Waals surface area contributed by atoms with Crippen LogP contribution in [0.4, 0.5) is 0 Å². The van der Waals surface area contributed by atoms with Gasteiger partial charge in [0, 0.05) is 11.8 Å². The van der Waals surface area contributed by atoms with Crippen molar-refractivity contribution in [2.75, 3.05) is 0 Å². The minimum Gasteiger partial charge on any atom is -0.0723 e. The Bertz CT molecular complexity index is 899. The lowest BCUT2D eigenvalue weighted by Crippen LogP contribution is -2.26. The van der Waals surface area contributed by atoms with Crippen molar-refractivity contribution in [3.63, 3.8) is 0 Å². The van der Waals surface area contributed by atoms with Gasteiger partial charge in [0.1, 0.15) is 0 Å². The first-order chi connectivity index (χ1) is 13.1. The standard InChI is InChI=1S/C27H28/c1-27(2,25-15-23(17-11-12-17)19-7-3-5-9-21(19)25)26-16-24(18-13-14-18)20-8-4-6-10-22(20)26/h3-10,15-18,25-26H,11-14H2,1-2H3. The number of hydrogen-bond acceptors (Lipinski definition) is 0. The summed E-state index contributed by atoms with van der Waals surface area (Å²) in [5.74, 6) is 2.66. The van der Waals surface area contributed by atoms with Crippen LogP contribution in [0, 0.1) is 17.3 Å². The van der Waals surface area contributed by atoms with Crippen molar-refractivity contribution < 1.29 is 0 Å². The number of hydrogen-bond donors (Lipinski definition) is 0. The molecule has 136 valence electrons. The fourth-order valence-electron chi connectivity index (χ4n) is 5.71. The summed E-state index contributed by atoms with van der Waals surface area (Å²) >= 11 is 0. The lowest BCUT2D eigenvalue weighted by atomic mass is 9.66. The maximum absolute atomic E-state index is 2.65. The van der Waals surface area contributed by atoms with E-state index in [1.807, 2.05) is 0 Å². The summed E-state index contributed by atoms with van der Waals surface area (Å²) in [5, 5.41) is 0. The summed E-state index contributed by atoms with van der Waals surface area (Å²) < 4.78 is 0. The molecule has 0 heterocycles.